The van der Waals surface area contributed by atoms with Gasteiger partial charge < -0.3 is 10.1 Å². The van der Waals surface area contributed by atoms with Crippen LogP contribution in [0.15, 0.2) is 18.3 Å². The van der Waals surface area contributed by atoms with Crippen LogP contribution in [0.2, 0.25) is 0 Å². The third-order valence-corrected chi connectivity index (χ3v) is 3.77. The maximum absolute atomic E-state index is 12.7. The Morgan fingerprint density at radius 2 is 2.14 bits per heavy atom. The Balaban J connectivity index is 1.96. The van der Waals surface area contributed by atoms with Crippen molar-refractivity contribution in [1.29, 1.82) is 0 Å². The van der Waals surface area contributed by atoms with Crippen molar-refractivity contribution in [3.63, 3.8) is 0 Å². The lowest BCUT2D eigenvalue weighted by molar-refractivity contribution is 0.103. The Morgan fingerprint density at radius 1 is 1.38 bits per heavy atom. The fraction of sp³-hybridized carbons (Fsp3) is 0.400. The Morgan fingerprint density at radius 3 is 2.76 bits per heavy atom. The molecule has 1 aliphatic rings. The second-order valence-corrected chi connectivity index (χ2v) is 5.38. The van der Waals surface area contributed by atoms with Crippen LogP contribution < -0.4 is 10.1 Å². The first-order valence-electron chi connectivity index (χ1n) is 6.92. The van der Waals surface area contributed by atoms with Crippen molar-refractivity contribution >= 4 is 5.78 Å². The zero-order chi connectivity index (χ0) is 15.0. The van der Waals surface area contributed by atoms with Crippen molar-refractivity contribution in [2.45, 2.75) is 19.9 Å². The van der Waals surface area contributed by atoms with E-state index < -0.39 is 0 Å². The number of ether oxygens (including phenoxy) is 1. The smallest absolute Gasteiger partial charge is 0.218 e. The van der Waals surface area contributed by atoms with Gasteiger partial charge in [0, 0.05) is 13.1 Å². The number of aryl methyl sites for hydroxylation is 2. The molecule has 3 rings (SSSR count). The summed E-state index contributed by atoms with van der Waals surface area (Å²) in [5.74, 6) is 0.431. The SMILES string of the molecule is COc1cc(C)cc(C)c1C(=O)c1cn(C2CNC2)nn1. The zero-order valence-electron chi connectivity index (χ0n) is 12.4. The molecule has 0 spiro atoms. The lowest BCUT2D eigenvalue weighted by Gasteiger charge is -2.26. The molecule has 1 aromatic heterocycles. The van der Waals surface area contributed by atoms with E-state index in [9.17, 15) is 4.79 Å². The van der Waals surface area contributed by atoms with Crippen LogP contribution in [0.4, 0.5) is 0 Å². The molecular formula is C15H18N4O2. The molecule has 2 aromatic rings. The summed E-state index contributed by atoms with van der Waals surface area (Å²) in [6, 6.07) is 4.12. The highest BCUT2D eigenvalue weighted by molar-refractivity contribution is 6.10. The molecule has 6 heteroatoms. The minimum absolute atomic E-state index is 0.150. The molecule has 0 unspecified atom stereocenters. The van der Waals surface area contributed by atoms with Gasteiger partial charge in [0.05, 0.1) is 24.9 Å². The lowest BCUT2D eigenvalue weighted by Crippen LogP contribution is -2.43. The summed E-state index contributed by atoms with van der Waals surface area (Å²) in [5, 5.41) is 11.2. The van der Waals surface area contributed by atoms with Gasteiger partial charge in [-0.15, -0.1) is 5.10 Å². The van der Waals surface area contributed by atoms with Crippen LogP contribution in [0.5, 0.6) is 5.75 Å². The van der Waals surface area contributed by atoms with Gasteiger partial charge >= 0.3 is 0 Å². The molecule has 2 heterocycles. The van der Waals surface area contributed by atoms with Crippen LogP contribution in [0, 0.1) is 13.8 Å². The summed E-state index contributed by atoms with van der Waals surface area (Å²) in [5.41, 5.74) is 2.86. The van der Waals surface area contributed by atoms with Gasteiger partial charge in [-0.05, 0) is 31.0 Å². The van der Waals surface area contributed by atoms with E-state index in [-0.39, 0.29) is 5.78 Å². The third-order valence-electron chi connectivity index (χ3n) is 3.77. The number of methoxy groups -OCH3 is 1. The first kappa shape index (κ1) is 13.8. The number of nitrogens with one attached hydrogen (secondary N) is 1. The Bertz CT molecular complexity index is 689. The van der Waals surface area contributed by atoms with Crippen LogP contribution >= 0.6 is 0 Å². The quantitative estimate of drug-likeness (QED) is 0.857. The van der Waals surface area contributed by atoms with E-state index in [0.717, 1.165) is 24.2 Å². The van der Waals surface area contributed by atoms with Crippen LogP contribution in [-0.2, 0) is 0 Å². The molecule has 1 saturated heterocycles. The molecule has 1 N–H and O–H groups in total. The lowest BCUT2D eigenvalue weighted by atomic mass is 9.99. The highest BCUT2D eigenvalue weighted by Gasteiger charge is 2.24. The molecule has 6 nitrogen and oxygen atoms in total. The predicted octanol–water partition coefficient (Wildman–Crippen LogP) is 1.28. The van der Waals surface area contributed by atoms with Crippen LogP contribution in [0.3, 0.4) is 0 Å². The average molecular weight is 286 g/mol. The minimum Gasteiger partial charge on any atom is -0.496 e. The summed E-state index contributed by atoms with van der Waals surface area (Å²) in [6.45, 7) is 5.61. The van der Waals surface area contributed by atoms with E-state index in [4.69, 9.17) is 4.74 Å². The van der Waals surface area contributed by atoms with Crippen LogP contribution in [0.25, 0.3) is 0 Å². The minimum atomic E-state index is -0.150. The number of benzene rings is 1. The van der Waals surface area contributed by atoms with Gasteiger partial charge in [-0.3, -0.25) is 4.79 Å². The summed E-state index contributed by atoms with van der Waals surface area (Å²) in [7, 11) is 1.57. The van der Waals surface area contributed by atoms with E-state index >= 15 is 0 Å². The monoisotopic (exact) mass is 286 g/mol. The number of hydrogen-bond acceptors (Lipinski definition) is 5. The van der Waals surface area contributed by atoms with Gasteiger partial charge in [-0.25, -0.2) is 4.68 Å². The van der Waals surface area contributed by atoms with Crippen molar-refractivity contribution in [3.8, 4) is 5.75 Å². The van der Waals surface area contributed by atoms with E-state index in [1.54, 1.807) is 18.0 Å². The van der Waals surface area contributed by atoms with E-state index in [1.165, 1.54) is 0 Å². The number of carbonyl (C=O) groups excluding carboxylic acids is 1. The fourth-order valence-corrected chi connectivity index (χ4v) is 2.53. The zero-order valence-corrected chi connectivity index (χ0v) is 12.4. The average Bonchev–Trinajstić information content (AvgIpc) is 2.84. The Labute approximate surface area is 123 Å². The molecule has 0 amide bonds. The van der Waals surface area contributed by atoms with E-state index in [2.05, 4.69) is 15.6 Å². The van der Waals surface area contributed by atoms with Crippen molar-refractivity contribution in [1.82, 2.24) is 20.3 Å². The van der Waals surface area contributed by atoms with Crippen LogP contribution in [-0.4, -0.2) is 41.0 Å². The number of ketones is 1. The molecule has 0 saturated carbocycles. The summed E-state index contributed by atoms with van der Waals surface area (Å²) >= 11 is 0. The van der Waals surface area contributed by atoms with Gasteiger partial charge in [-0.2, -0.15) is 0 Å². The number of aromatic nitrogens is 3. The van der Waals surface area contributed by atoms with Crippen molar-refractivity contribution < 1.29 is 9.53 Å². The molecule has 21 heavy (non-hydrogen) atoms. The topological polar surface area (TPSA) is 69.0 Å². The molecule has 0 aliphatic carbocycles. The number of rotatable bonds is 4. The molecular weight excluding hydrogens is 268 g/mol. The van der Waals surface area contributed by atoms with Gasteiger partial charge in [0.15, 0.2) is 5.69 Å². The second-order valence-electron chi connectivity index (χ2n) is 5.38. The highest BCUT2D eigenvalue weighted by Crippen LogP contribution is 2.26. The first-order valence-corrected chi connectivity index (χ1v) is 6.92. The van der Waals surface area contributed by atoms with Crippen molar-refractivity contribution in [2.24, 2.45) is 0 Å². The van der Waals surface area contributed by atoms with Crippen molar-refractivity contribution in [3.05, 3.63) is 40.7 Å². The fourth-order valence-electron chi connectivity index (χ4n) is 2.53. The largest absolute Gasteiger partial charge is 0.496 e. The van der Waals surface area contributed by atoms with E-state index in [0.29, 0.717) is 23.0 Å². The number of carbonyl (C=O) groups is 1. The third kappa shape index (κ3) is 2.42. The van der Waals surface area contributed by atoms with Gasteiger partial charge in [-0.1, -0.05) is 11.3 Å². The predicted molar refractivity (Wildman–Crippen MR) is 77.8 cm³/mol. The molecule has 110 valence electrons. The molecule has 0 radical (unpaired) electrons. The molecule has 1 fully saturated rings. The maximum atomic E-state index is 12.7. The summed E-state index contributed by atoms with van der Waals surface area (Å²) in [4.78, 5) is 12.7. The normalized spacial score (nSPS) is 14.8. The van der Waals surface area contributed by atoms with Crippen LogP contribution in [0.1, 0.15) is 33.2 Å². The molecule has 0 atom stereocenters. The standard InChI is InChI=1S/C15H18N4O2/c1-9-4-10(2)14(13(5-9)21-3)15(20)12-8-19(18-17-12)11-6-16-7-11/h4-5,8,11,16H,6-7H2,1-3H3. The first-order chi connectivity index (χ1) is 10.1. The van der Waals surface area contributed by atoms with Gasteiger partial charge in [0.2, 0.25) is 5.78 Å². The highest BCUT2D eigenvalue weighted by atomic mass is 16.5. The molecule has 0 bridgehead atoms. The van der Waals surface area contributed by atoms with E-state index in [1.807, 2.05) is 26.0 Å². The number of hydrogen-bond donors (Lipinski definition) is 1. The molecule has 1 aliphatic heterocycles. The molecule has 1 aromatic carbocycles. The summed E-state index contributed by atoms with van der Waals surface area (Å²) in [6.07, 6.45) is 1.71. The second kappa shape index (κ2) is 5.29. The number of nitrogens with zero attached hydrogens (tertiary/aromatic N) is 3. The Hall–Kier alpha value is -2.21. The van der Waals surface area contributed by atoms with Crippen molar-refractivity contribution in [2.75, 3.05) is 20.2 Å². The Kier molecular flexibility index (Phi) is 3.47. The summed E-state index contributed by atoms with van der Waals surface area (Å²) < 4.78 is 7.10. The van der Waals surface area contributed by atoms with Gasteiger partial charge in [0.1, 0.15) is 5.75 Å². The van der Waals surface area contributed by atoms with Gasteiger partial charge in [0.25, 0.3) is 0 Å². The maximum Gasteiger partial charge on any atom is 0.218 e.